The van der Waals surface area contributed by atoms with Crippen LogP contribution in [0.4, 0.5) is 35.0 Å². The van der Waals surface area contributed by atoms with Crippen molar-refractivity contribution >= 4 is 129 Å². The second kappa shape index (κ2) is 47.0. The van der Waals surface area contributed by atoms with E-state index >= 15 is 0 Å². The molecule has 17 rings (SSSR count). The Hall–Kier alpha value is -12.7. The van der Waals surface area contributed by atoms with Crippen molar-refractivity contribution in [3.8, 4) is 0 Å². The van der Waals surface area contributed by atoms with Gasteiger partial charge in [-0.25, -0.2) is 41.9 Å². The molecule has 0 spiro atoms. The molecule has 9 N–H and O–H groups in total. The third-order valence-corrected chi connectivity index (χ3v) is 25.4. The molecule has 0 saturated carbocycles. The van der Waals surface area contributed by atoms with Crippen LogP contribution in [0.5, 0.6) is 0 Å². The van der Waals surface area contributed by atoms with E-state index in [9.17, 15) is 61.7 Å². The molecule has 3 aromatic heterocycles. The molecule has 23 nitrogen and oxygen atoms in total. The second-order valence-corrected chi connectivity index (χ2v) is 34.9. The molecule has 7 atom stereocenters. The van der Waals surface area contributed by atoms with Gasteiger partial charge < -0.3 is 76.1 Å². The maximum atomic E-state index is 14.6. The number of thiophene rings is 3. The van der Waals surface area contributed by atoms with Crippen molar-refractivity contribution in [1.29, 1.82) is 0 Å². The number of likely N-dealkylation sites (tertiary alicyclic amines) is 3. The van der Waals surface area contributed by atoms with E-state index in [1.807, 2.05) is 153 Å². The number of hydrogen-bond donors (Lipinski definition) is 8. The van der Waals surface area contributed by atoms with Gasteiger partial charge in [-0.15, -0.1) is 34.0 Å². The van der Waals surface area contributed by atoms with Gasteiger partial charge in [-0.2, -0.15) is 0 Å². The quantitative estimate of drug-likeness (QED) is 0.0200. The SMILES string of the molecule is CC(C)(C)OC(=O)N1CCCC1c1cccc(C(=O)O)c1.CO.COC(=O)c1cccc(C2CCCN2)c1.COC(=O)c1cccc(C2CCCN2C(=O)C(Nc2ccccc2F)c2cc3ccccc3s2)c1.O=C(O)C(Nc1ccccc1F)c1cc2ccccc2s1.O=C(O)c1cccc(C2CCCN2C(=O)C(Nc2ccccc2F)c2cc3ccccc3s2)c1.[Li+].[OH-]. The molecule has 0 bridgehead atoms. The fraction of sp³-hybridized carbons (Fsp3) is 0.260. The molecule has 4 fully saturated rings. The molecule has 0 aliphatic carbocycles. The van der Waals surface area contributed by atoms with Crippen molar-refractivity contribution in [2.75, 3.05) is 63.5 Å². The summed E-state index contributed by atoms with van der Waals surface area (Å²) in [5.41, 5.74) is 5.42. The zero-order valence-corrected chi connectivity index (χ0v) is 75.2. The Bertz CT molecular complexity index is 5980. The van der Waals surface area contributed by atoms with Gasteiger partial charge in [0, 0.05) is 61.5 Å². The van der Waals surface area contributed by atoms with E-state index in [2.05, 4.69) is 27.3 Å². The van der Waals surface area contributed by atoms with Crippen molar-refractivity contribution in [3.63, 3.8) is 0 Å². The van der Waals surface area contributed by atoms with Crippen LogP contribution in [0.3, 0.4) is 0 Å². The van der Waals surface area contributed by atoms with Crippen LogP contribution in [0.25, 0.3) is 30.3 Å². The first-order valence-corrected chi connectivity index (χ1v) is 44.3. The first-order chi connectivity index (χ1) is 61.8. The number of amides is 3. The van der Waals surface area contributed by atoms with Gasteiger partial charge in [-0.3, -0.25) is 9.59 Å². The number of aliphatic carboxylic acids is 1. The van der Waals surface area contributed by atoms with Crippen molar-refractivity contribution in [1.82, 2.24) is 20.0 Å². The van der Waals surface area contributed by atoms with Gasteiger partial charge in [0.2, 0.25) is 0 Å². The van der Waals surface area contributed by atoms with E-state index < -0.39 is 65.1 Å². The molecular formula is C100H101F3LiN7O16S3. The molecule has 4 saturated heterocycles. The number of ether oxygens (including phenoxy) is 3. The van der Waals surface area contributed by atoms with Gasteiger partial charge in [0.15, 0.2) is 6.04 Å². The number of fused-ring (bicyclic) bond motifs is 3. The number of esters is 2. The summed E-state index contributed by atoms with van der Waals surface area (Å²) in [5.74, 6) is -5.25. The van der Waals surface area contributed by atoms with E-state index in [1.165, 1.54) is 84.5 Å². The smallest absolute Gasteiger partial charge is 0.870 e. The zero-order chi connectivity index (χ0) is 91.1. The van der Waals surface area contributed by atoms with Gasteiger partial charge in [0.25, 0.3) is 11.8 Å². The van der Waals surface area contributed by atoms with Crippen LogP contribution < -0.4 is 40.1 Å². The number of anilines is 3. The molecule has 13 aromatic rings. The molecule has 130 heavy (non-hydrogen) atoms. The number of carboxylic acid groups (broad SMARTS) is 3. The number of nitrogens with zero attached hydrogens (tertiary/aromatic N) is 3. The largest absolute Gasteiger partial charge is 1.00 e. The summed E-state index contributed by atoms with van der Waals surface area (Å²) in [4.78, 5) is 105. The Kier molecular flexibility index (Phi) is 36.0. The first kappa shape index (κ1) is 99.5. The minimum atomic E-state index is -1.04. The summed E-state index contributed by atoms with van der Waals surface area (Å²) >= 11 is 4.43. The number of carbonyl (C=O) groups is 8. The molecule has 3 amide bonds. The summed E-state index contributed by atoms with van der Waals surface area (Å²) in [6.45, 7) is 8.35. The minimum Gasteiger partial charge on any atom is -0.870 e. The number of para-hydroxylation sites is 3. The van der Waals surface area contributed by atoms with E-state index in [4.69, 9.17) is 24.4 Å². The third-order valence-electron chi connectivity index (χ3n) is 21.9. The molecular weight excluding hydrogens is 1720 g/mol. The first-order valence-electron chi connectivity index (χ1n) is 41.8. The molecule has 7 heterocycles. The number of hydrogen-bond acceptors (Lipinski definition) is 20. The van der Waals surface area contributed by atoms with Gasteiger partial charge in [0.05, 0.1) is 71.7 Å². The van der Waals surface area contributed by atoms with Crippen molar-refractivity contribution < 1.29 is 111 Å². The van der Waals surface area contributed by atoms with Crippen LogP contribution in [0.2, 0.25) is 0 Å². The van der Waals surface area contributed by atoms with Crippen LogP contribution in [0, 0.1) is 17.5 Å². The fourth-order valence-electron chi connectivity index (χ4n) is 15.9. The van der Waals surface area contributed by atoms with Crippen LogP contribution in [-0.2, 0) is 28.6 Å². The summed E-state index contributed by atoms with van der Waals surface area (Å²) < 4.78 is 60.9. The molecule has 672 valence electrons. The maximum Gasteiger partial charge on any atom is 1.00 e. The summed E-state index contributed by atoms with van der Waals surface area (Å²) in [6.07, 6.45) is 6.90. The standard InChI is InChI=1S/C28H25FN2O3S.C27H23FN2O3S.C16H12FNO2S.C16H21NO4.C12H15NO2.CH4O.Li.H2O/c1-34-28(33)20-10-6-9-18(16-20)23-13-7-15-31(23)27(32)26(30-22-12-4-3-11-21(22)29)25-17-19-8-2-5-14-24(19)35-25;28-20-10-2-3-11-21(20)29-25(24-16-18-7-1-4-13-23(18)34-24)26(31)30-14-6-12-22(30)17-8-5-9-19(15-17)27(32)33;17-11-6-2-3-7-12(11)18-15(16(19)20)14-9-10-5-1-4-8-13(10)21-14;1-16(2,3)21-15(20)17-9-5-8-13(17)11-6-4-7-12(10-11)14(18)19;1-15-12(14)10-5-2-4-9(8-10)11-6-3-7-13-11;1-2;;/h2-6,8-12,14,16-17,23,26,30H,7,13,15H2,1H3;1-5,7-11,13,15-16,22,25,29H,6,12,14H2,(H,32,33);1-9,15,18H,(H,19,20);4,6-7,10,13H,5,8-9H2,1-3H3,(H,18,19);2,4-5,8,11,13H,3,6-7H2,1H3;2H,1H3;;1H2/q;;;;;;+1;/p-1. The minimum absolute atomic E-state index is 0. The van der Waals surface area contributed by atoms with Crippen molar-refractivity contribution in [2.24, 2.45) is 0 Å². The predicted molar refractivity (Wildman–Crippen MR) is 496 cm³/mol. The predicted octanol–water partition coefficient (Wildman–Crippen LogP) is 18.7. The van der Waals surface area contributed by atoms with E-state index in [0.29, 0.717) is 41.7 Å². The van der Waals surface area contributed by atoms with E-state index in [0.717, 1.165) is 115 Å². The Morgan fingerprint density at radius 1 is 0.408 bits per heavy atom. The Balaban J connectivity index is 0.000000173. The number of rotatable bonds is 20. The van der Waals surface area contributed by atoms with Crippen LogP contribution in [-0.4, -0.2) is 141 Å². The topological polar surface area (TPSA) is 333 Å². The molecule has 4 aliphatic heterocycles. The van der Waals surface area contributed by atoms with Gasteiger partial charge in [-0.05, 0) is 238 Å². The zero-order valence-electron chi connectivity index (χ0n) is 72.8. The fourth-order valence-corrected chi connectivity index (χ4v) is 19.2. The van der Waals surface area contributed by atoms with Gasteiger partial charge in [-0.1, -0.05) is 140 Å². The average molecular weight is 1820 g/mol. The van der Waals surface area contributed by atoms with Crippen LogP contribution in [0.1, 0.15) is 193 Å². The maximum absolute atomic E-state index is 14.6. The molecule has 10 aromatic carbocycles. The van der Waals surface area contributed by atoms with Crippen LogP contribution in [0.15, 0.2) is 261 Å². The number of nitrogens with one attached hydrogen (secondary N) is 4. The summed E-state index contributed by atoms with van der Waals surface area (Å²) in [6, 6.07) is 73.9. The Morgan fingerprint density at radius 3 is 1.08 bits per heavy atom. The molecule has 0 radical (unpaired) electrons. The van der Waals surface area contributed by atoms with Crippen LogP contribution >= 0.6 is 34.0 Å². The third kappa shape index (κ3) is 25.5. The summed E-state index contributed by atoms with van der Waals surface area (Å²) in [7, 11) is 3.76. The molecule has 4 aliphatic rings. The van der Waals surface area contributed by atoms with Crippen molar-refractivity contribution in [2.45, 2.75) is 120 Å². The normalized spacial score (nSPS) is 16.1. The number of aliphatic hydroxyl groups is 1. The number of carboxylic acids is 3. The van der Waals surface area contributed by atoms with Gasteiger partial charge in [0.1, 0.15) is 35.1 Å². The number of halogens is 3. The van der Waals surface area contributed by atoms with E-state index in [-0.39, 0.29) is 94.5 Å². The van der Waals surface area contributed by atoms with Gasteiger partial charge >= 0.3 is 54.8 Å². The Morgan fingerprint density at radius 2 is 0.731 bits per heavy atom. The van der Waals surface area contributed by atoms with E-state index in [1.54, 1.807) is 113 Å². The monoisotopic (exact) mass is 1820 g/mol. The summed E-state index contributed by atoms with van der Waals surface area (Å²) in [5, 5.41) is 50.5. The number of carbonyl (C=O) groups excluding carboxylic acids is 5. The number of aliphatic hydroxyl groups excluding tert-OH is 1. The number of aromatic carboxylic acids is 2. The second-order valence-electron chi connectivity index (χ2n) is 31.5. The molecule has 7 unspecified atom stereocenters. The molecule has 30 heteroatoms. The van der Waals surface area contributed by atoms with Crippen molar-refractivity contribution in [3.05, 3.63) is 337 Å². The number of benzene rings is 10. The average Bonchev–Trinajstić information content (AvgIpc) is 1.70. The Labute approximate surface area is 775 Å². The number of methoxy groups -OCH3 is 2.